The average Bonchev–Trinajstić information content (AvgIpc) is 3.26. The van der Waals surface area contributed by atoms with Crippen molar-refractivity contribution in [2.45, 2.75) is 31.1 Å². The fourth-order valence-corrected chi connectivity index (χ4v) is 4.60. The van der Waals surface area contributed by atoms with Gasteiger partial charge < -0.3 is 5.32 Å². The molecule has 1 spiro atoms. The fraction of sp³-hybridized carbons (Fsp3) is 0.444. The van der Waals surface area contributed by atoms with Gasteiger partial charge in [-0.15, -0.1) is 0 Å². The summed E-state index contributed by atoms with van der Waals surface area (Å²) in [5.41, 5.74) is 4.13. The third kappa shape index (κ3) is 2.42. The third-order valence-electron chi connectivity index (χ3n) is 5.47. The third-order valence-corrected chi connectivity index (χ3v) is 6.24. The second kappa shape index (κ2) is 5.48. The van der Waals surface area contributed by atoms with Crippen molar-refractivity contribution in [3.63, 3.8) is 0 Å². The van der Waals surface area contributed by atoms with Crippen LogP contribution in [0.2, 0.25) is 0 Å². The van der Waals surface area contributed by atoms with E-state index in [0.29, 0.717) is 15.8 Å². The minimum atomic E-state index is -0.108. The molecule has 2 atom stereocenters. The van der Waals surface area contributed by atoms with Crippen LogP contribution in [-0.4, -0.2) is 16.3 Å². The second-order valence-electron chi connectivity index (χ2n) is 6.75. The molecule has 2 aromatic rings. The van der Waals surface area contributed by atoms with Gasteiger partial charge in [-0.05, 0) is 58.7 Å². The molecule has 5 heteroatoms. The van der Waals surface area contributed by atoms with E-state index in [0.717, 1.165) is 12.2 Å². The van der Waals surface area contributed by atoms with Crippen LogP contribution in [0.3, 0.4) is 0 Å². The number of hydrogen-bond donors (Lipinski definition) is 1. The van der Waals surface area contributed by atoms with Gasteiger partial charge in [0.15, 0.2) is 0 Å². The number of anilines is 1. The predicted molar refractivity (Wildman–Crippen MR) is 94.8 cm³/mol. The lowest BCUT2D eigenvalue weighted by Crippen LogP contribution is -2.23. The zero-order valence-corrected chi connectivity index (χ0v) is 14.8. The fourth-order valence-electron chi connectivity index (χ4n) is 4.10. The van der Waals surface area contributed by atoms with Gasteiger partial charge in [0.1, 0.15) is 4.47 Å². The van der Waals surface area contributed by atoms with E-state index in [9.17, 15) is 4.79 Å². The Morgan fingerprint density at radius 3 is 3.13 bits per heavy atom. The Labute approximate surface area is 144 Å². The Bertz CT molecular complexity index is 816. The van der Waals surface area contributed by atoms with Crippen LogP contribution >= 0.6 is 15.9 Å². The van der Waals surface area contributed by atoms with Gasteiger partial charge in [-0.3, -0.25) is 4.79 Å². The van der Waals surface area contributed by atoms with Crippen molar-refractivity contribution in [3.05, 3.63) is 56.4 Å². The molecule has 1 fully saturated rings. The summed E-state index contributed by atoms with van der Waals surface area (Å²) in [6.45, 7) is 0.891. The maximum atomic E-state index is 11.9. The Morgan fingerprint density at radius 2 is 2.26 bits per heavy atom. The molecule has 2 aliphatic rings. The zero-order valence-electron chi connectivity index (χ0n) is 13.2. The number of rotatable bonds is 3. The molecule has 0 amide bonds. The van der Waals surface area contributed by atoms with Gasteiger partial charge in [-0.1, -0.05) is 24.3 Å². The van der Waals surface area contributed by atoms with E-state index in [2.05, 4.69) is 50.6 Å². The van der Waals surface area contributed by atoms with Crippen LogP contribution in [0.5, 0.6) is 0 Å². The first-order valence-electron chi connectivity index (χ1n) is 8.16. The predicted octanol–water partition coefficient (Wildman–Crippen LogP) is 3.25. The van der Waals surface area contributed by atoms with E-state index in [1.165, 1.54) is 35.9 Å². The lowest BCUT2D eigenvalue weighted by molar-refractivity contribution is 0.503. The highest BCUT2D eigenvalue weighted by Crippen LogP contribution is 2.60. The highest BCUT2D eigenvalue weighted by molar-refractivity contribution is 9.10. The maximum absolute atomic E-state index is 11.9. The molecular weight excluding hydrogens is 354 g/mol. The summed E-state index contributed by atoms with van der Waals surface area (Å²) in [5.74, 6) is 0.639. The SMILES string of the molecule is Cn1ncc(NCC2CC23CCCc2ccccc23)c(Br)c1=O. The molecular formula is C18H20BrN3O. The van der Waals surface area contributed by atoms with Gasteiger partial charge in [0.05, 0.1) is 11.9 Å². The molecule has 0 aliphatic heterocycles. The topological polar surface area (TPSA) is 46.9 Å². The van der Waals surface area contributed by atoms with Gasteiger partial charge in [-0.25, -0.2) is 4.68 Å². The molecule has 1 saturated carbocycles. The summed E-state index contributed by atoms with van der Waals surface area (Å²) in [4.78, 5) is 11.9. The number of nitrogens with one attached hydrogen (secondary N) is 1. The van der Waals surface area contributed by atoms with Crippen molar-refractivity contribution in [1.82, 2.24) is 9.78 Å². The van der Waals surface area contributed by atoms with Crippen molar-refractivity contribution in [1.29, 1.82) is 0 Å². The summed E-state index contributed by atoms with van der Waals surface area (Å²) in [6.07, 6.45) is 6.74. The smallest absolute Gasteiger partial charge is 0.282 e. The van der Waals surface area contributed by atoms with E-state index in [1.807, 2.05) is 0 Å². The lowest BCUT2D eigenvalue weighted by Gasteiger charge is -2.27. The maximum Gasteiger partial charge on any atom is 0.282 e. The molecule has 4 nitrogen and oxygen atoms in total. The van der Waals surface area contributed by atoms with Gasteiger partial charge >= 0.3 is 0 Å². The van der Waals surface area contributed by atoms with Gasteiger partial charge in [0.2, 0.25) is 0 Å². The molecule has 1 aromatic heterocycles. The highest BCUT2D eigenvalue weighted by atomic mass is 79.9. The molecule has 4 rings (SSSR count). The van der Waals surface area contributed by atoms with Crippen molar-refractivity contribution in [2.75, 3.05) is 11.9 Å². The zero-order chi connectivity index (χ0) is 16.0. The van der Waals surface area contributed by atoms with Crippen molar-refractivity contribution < 1.29 is 0 Å². The summed E-state index contributed by atoms with van der Waals surface area (Å²) in [6, 6.07) is 8.90. The molecule has 0 radical (unpaired) electrons. The summed E-state index contributed by atoms with van der Waals surface area (Å²) in [5, 5.41) is 7.51. The molecule has 2 aliphatic carbocycles. The Morgan fingerprint density at radius 1 is 1.43 bits per heavy atom. The van der Waals surface area contributed by atoms with Crippen LogP contribution in [-0.2, 0) is 18.9 Å². The standard InChI is InChI=1S/C18H20BrN3O/c1-22-17(23)16(19)15(11-21-22)20-10-13-9-18(13)8-4-6-12-5-2-3-7-14(12)18/h2-3,5,7,11,13,20H,4,6,8-10H2,1H3. The Balaban J connectivity index is 1.51. The molecule has 1 heterocycles. The minimum Gasteiger partial charge on any atom is -0.382 e. The van der Waals surface area contributed by atoms with E-state index >= 15 is 0 Å². The number of aryl methyl sites for hydroxylation is 2. The number of nitrogens with zero attached hydrogens (tertiary/aromatic N) is 2. The Hall–Kier alpha value is -1.62. The molecule has 0 bridgehead atoms. The average molecular weight is 374 g/mol. The molecule has 1 aromatic carbocycles. The van der Waals surface area contributed by atoms with Crippen molar-refractivity contribution in [3.8, 4) is 0 Å². The first kappa shape index (κ1) is 14.9. The van der Waals surface area contributed by atoms with Crippen molar-refractivity contribution >= 4 is 21.6 Å². The number of benzene rings is 1. The van der Waals surface area contributed by atoms with Crippen LogP contribution in [0, 0.1) is 5.92 Å². The minimum absolute atomic E-state index is 0.108. The lowest BCUT2D eigenvalue weighted by atomic mass is 9.78. The van der Waals surface area contributed by atoms with E-state index in [-0.39, 0.29) is 5.56 Å². The first-order chi connectivity index (χ1) is 11.1. The molecule has 120 valence electrons. The van der Waals surface area contributed by atoms with Crippen molar-refractivity contribution in [2.24, 2.45) is 13.0 Å². The molecule has 2 unspecified atom stereocenters. The van der Waals surface area contributed by atoms with Crippen LogP contribution < -0.4 is 10.9 Å². The van der Waals surface area contributed by atoms with Crippen LogP contribution in [0.1, 0.15) is 30.4 Å². The molecule has 0 saturated heterocycles. The monoisotopic (exact) mass is 373 g/mol. The van der Waals surface area contributed by atoms with E-state index < -0.39 is 0 Å². The molecule has 23 heavy (non-hydrogen) atoms. The van der Waals surface area contributed by atoms with E-state index in [4.69, 9.17) is 0 Å². The van der Waals surface area contributed by atoms with Gasteiger partial charge in [0, 0.05) is 19.0 Å². The molecule has 1 N–H and O–H groups in total. The number of hydrogen-bond acceptors (Lipinski definition) is 3. The largest absolute Gasteiger partial charge is 0.382 e. The van der Waals surface area contributed by atoms with Crippen LogP contribution in [0.15, 0.2) is 39.7 Å². The number of fused-ring (bicyclic) bond motifs is 2. The van der Waals surface area contributed by atoms with Crippen LogP contribution in [0.25, 0.3) is 0 Å². The normalized spacial score (nSPS) is 25.2. The number of aromatic nitrogens is 2. The second-order valence-corrected chi connectivity index (χ2v) is 7.54. The van der Waals surface area contributed by atoms with Gasteiger partial charge in [0.25, 0.3) is 5.56 Å². The highest BCUT2D eigenvalue weighted by Gasteiger charge is 2.55. The van der Waals surface area contributed by atoms with Gasteiger partial charge in [-0.2, -0.15) is 5.10 Å². The summed E-state index contributed by atoms with van der Waals surface area (Å²) in [7, 11) is 1.66. The summed E-state index contributed by atoms with van der Waals surface area (Å²) >= 11 is 3.38. The van der Waals surface area contributed by atoms with E-state index in [1.54, 1.807) is 18.8 Å². The van der Waals surface area contributed by atoms with Crippen LogP contribution in [0.4, 0.5) is 5.69 Å². The summed E-state index contributed by atoms with van der Waals surface area (Å²) < 4.78 is 1.90. The first-order valence-corrected chi connectivity index (χ1v) is 8.95. The Kier molecular flexibility index (Phi) is 3.56. The number of halogens is 1. The quantitative estimate of drug-likeness (QED) is 0.897.